The number of ether oxygens (including phenoxy) is 3. The number of aliphatic carboxylic acids is 1. The normalized spacial score (nSPS) is 40.7. The number of carbonyl (C=O) groups is 3. The van der Waals surface area contributed by atoms with Crippen LogP contribution in [0.3, 0.4) is 0 Å². The molecule has 0 spiro atoms. The lowest BCUT2D eigenvalue weighted by atomic mass is 9.35. The number of hydrogen-bond acceptors (Lipinski definition) is 19. The number of unbranched alkanes of at least 4 members (excludes halogenated alkanes) is 7. The van der Waals surface area contributed by atoms with E-state index < -0.39 is 136 Å². The molecule has 0 radical (unpaired) electrons. The molecule has 2 heterocycles. The number of aliphatic hydroxyl groups is 10. The van der Waals surface area contributed by atoms with E-state index in [4.69, 9.17) is 29.1 Å². The Morgan fingerprint density at radius 1 is 0.880 bits per heavy atom. The highest BCUT2D eigenvalue weighted by atomic mass is 127. The molecule has 1 amide bonds. The summed E-state index contributed by atoms with van der Waals surface area (Å²) in [5.41, 5.74) is -2.87. The maximum atomic E-state index is 15.2. The van der Waals surface area contributed by atoms with Gasteiger partial charge in [-0.15, -0.1) is 0 Å². The summed E-state index contributed by atoms with van der Waals surface area (Å²) in [6.07, 6.45) is -6.12. The molecule has 23 heteroatoms. The zero-order chi connectivity index (χ0) is 61.6. The molecule has 22 nitrogen and oxygen atoms in total. The number of amides is 1. The summed E-state index contributed by atoms with van der Waals surface area (Å²) >= 11 is 2.27. The molecule has 3 saturated carbocycles. The second-order valence-electron chi connectivity index (χ2n) is 27.5. The van der Waals surface area contributed by atoms with E-state index >= 15 is 4.79 Å². The first-order chi connectivity index (χ1) is 38.9. The van der Waals surface area contributed by atoms with E-state index in [0.717, 1.165) is 56.9 Å². The summed E-state index contributed by atoms with van der Waals surface area (Å²) in [5.74, 6) is -2.16. The number of hydrogen-bond donors (Lipinski definition) is 13. The van der Waals surface area contributed by atoms with E-state index in [-0.39, 0.29) is 73.2 Å². The minimum atomic E-state index is -1.90. The van der Waals surface area contributed by atoms with Crippen LogP contribution in [-0.4, -0.2) is 189 Å². The van der Waals surface area contributed by atoms with Gasteiger partial charge in [0.2, 0.25) is 5.91 Å². The Balaban J connectivity index is 1.20. The number of allylic oxidation sites excluding steroid dienone is 2. The van der Waals surface area contributed by atoms with Crippen molar-refractivity contribution >= 4 is 46.7 Å². The van der Waals surface area contributed by atoms with Crippen molar-refractivity contribution in [1.29, 1.82) is 0 Å². The smallest absolute Gasteiger partial charge is 0.352 e. The SMILES string of the molecule is CC1O[C@@H](CCC(O)C(O)[C@@H](NC(=O)CCCCCCCCCCC(=O)O)C(CO)OOC(=O)[C@]2(CCC(C)(C)C)C(I)C3=CCC4C5(C)CC[C@H](O)C(C)(/C=[NH+]/[O-])C5CCC4(C)C3(C)C[C@@H]2O)C(O)C(O)[C@H]1O[C@@H]1OC[C@@H](O)C(O)C1O. The van der Waals surface area contributed by atoms with Crippen molar-refractivity contribution in [3.05, 3.63) is 16.9 Å². The lowest BCUT2D eigenvalue weighted by Gasteiger charge is -2.70. The number of rotatable bonds is 27. The lowest BCUT2D eigenvalue weighted by molar-refractivity contribution is -0.376. The fraction of sp³-hybridized carbons (Fsp3) is 0.900. The van der Waals surface area contributed by atoms with Crippen molar-refractivity contribution in [2.24, 2.45) is 44.3 Å². The van der Waals surface area contributed by atoms with Crippen molar-refractivity contribution in [3.63, 3.8) is 0 Å². The first kappa shape index (κ1) is 69.9. The Bertz CT molecular complexity index is 2210. The fourth-order valence-electron chi connectivity index (χ4n) is 15.6. The maximum absolute atomic E-state index is 15.2. The van der Waals surface area contributed by atoms with Crippen molar-refractivity contribution in [1.82, 2.24) is 5.32 Å². The molecule has 15 unspecified atom stereocenters. The Labute approximate surface area is 503 Å². The predicted octanol–water partition coefficient (Wildman–Crippen LogP) is 2.69. The third-order valence-electron chi connectivity index (χ3n) is 21.0. The van der Waals surface area contributed by atoms with Crippen LogP contribution in [0.15, 0.2) is 11.6 Å². The minimum Gasteiger partial charge on any atom is -0.626 e. The summed E-state index contributed by atoms with van der Waals surface area (Å²) in [6, 6.07) is -1.60. The maximum Gasteiger partial charge on any atom is 0.352 e. The number of aliphatic hydroxyl groups excluding tert-OH is 10. The third-order valence-corrected chi connectivity index (χ3v) is 22.8. The Morgan fingerprint density at radius 2 is 1.52 bits per heavy atom. The summed E-state index contributed by atoms with van der Waals surface area (Å²) < 4.78 is 16.4. The largest absolute Gasteiger partial charge is 0.626 e. The highest BCUT2D eigenvalue weighted by Gasteiger charge is 2.71. The van der Waals surface area contributed by atoms with Crippen molar-refractivity contribution in [2.45, 2.75) is 279 Å². The van der Waals surface area contributed by atoms with Gasteiger partial charge in [-0.1, -0.05) is 114 Å². The second-order valence-corrected chi connectivity index (χ2v) is 28.8. The van der Waals surface area contributed by atoms with E-state index in [1.165, 1.54) is 13.1 Å². The quantitative estimate of drug-likeness (QED) is 0.00822. The number of halogens is 1. The Hall–Kier alpha value is -2.21. The molecule has 0 bridgehead atoms. The van der Waals surface area contributed by atoms with Crippen molar-refractivity contribution in [2.75, 3.05) is 13.2 Å². The van der Waals surface area contributed by atoms with Gasteiger partial charge in [0, 0.05) is 12.8 Å². The van der Waals surface area contributed by atoms with Crippen LogP contribution in [0, 0.1) is 49.5 Å². The molecule has 13 N–H and O–H groups in total. The van der Waals surface area contributed by atoms with Gasteiger partial charge in [-0.05, 0) is 124 Å². The van der Waals surface area contributed by atoms with Crippen LogP contribution >= 0.6 is 22.6 Å². The summed E-state index contributed by atoms with van der Waals surface area (Å²) in [5, 5.41) is 137. The van der Waals surface area contributed by atoms with Gasteiger partial charge in [0.25, 0.3) is 0 Å². The lowest BCUT2D eigenvalue weighted by Crippen LogP contribution is -2.71. The molecule has 4 aliphatic carbocycles. The Kier molecular flexibility index (Phi) is 24.4. The molecular weight excluding hydrogens is 1200 g/mol. The van der Waals surface area contributed by atoms with Gasteiger partial charge in [-0.25, -0.2) is 9.95 Å². The van der Waals surface area contributed by atoms with E-state index in [1.54, 1.807) is 0 Å². The molecule has 478 valence electrons. The molecule has 0 aromatic carbocycles. The van der Waals surface area contributed by atoms with Gasteiger partial charge in [0.1, 0.15) is 48.1 Å². The van der Waals surface area contributed by atoms with E-state index in [2.05, 4.69) is 54.8 Å². The molecule has 0 aromatic rings. The van der Waals surface area contributed by atoms with Gasteiger partial charge in [-0.2, -0.15) is 4.89 Å². The minimum absolute atomic E-state index is 0.0111. The topological polar surface area (TPSA) is 369 Å². The highest BCUT2D eigenvalue weighted by molar-refractivity contribution is 14.1. The van der Waals surface area contributed by atoms with Crippen LogP contribution in [0.1, 0.15) is 184 Å². The average Bonchev–Trinajstić information content (AvgIpc) is 0.923. The average molecular weight is 1300 g/mol. The standard InChI is InChI=1S/C60H101IN2O20/c1-33-51(81-53-50(76)47(73)36(66)31-79-53)49(75)48(74)37(80-33)21-20-35(65)46(72)45(63-43(69)17-15-13-11-9-10-12-14-16-18-44(70)71)38(30-64)82-83-54(77)60(28-27-55(2,3)4)42(68)29-59(8)34(52(60)61)19-22-40-56(5)25-24-41(67)57(6,32-62-78)39(56)23-26-58(40,59)7/h19,32-33,35-42,45-53,62,64-68,72-76H,9-18,20-31H2,1-8H3,(H2-,63,69,70,71,78)/b62-32+/t33?,35?,36-,37+,38?,39?,40?,41+,42+,45+,46?,47?,48?,49?,50?,51+,52?,53+,56?,57?,58?,59?,60+/m1/s1. The fourth-order valence-corrected chi connectivity index (χ4v) is 17.5. The van der Waals surface area contributed by atoms with E-state index in [1.807, 2.05) is 32.9 Å². The molecule has 6 aliphatic rings. The van der Waals surface area contributed by atoms with Gasteiger partial charge in [0.15, 0.2) is 18.6 Å². The van der Waals surface area contributed by atoms with Crippen LogP contribution in [0.2, 0.25) is 0 Å². The van der Waals surface area contributed by atoms with Gasteiger partial charge < -0.3 is 80.9 Å². The van der Waals surface area contributed by atoms with Gasteiger partial charge in [-0.3, -0.25) is 14.5 Å². The van der Waals surface area contributed by atoms with Gasteiger partial charge in [0.05, 0.1) is 59.1 Å². The first-order valence-electron chi connectivity index (χ1n) is 30.5. The summed E-state index contributed by atoms with van der Waals surface area (Å²) in [4.78, 5) is 51.5. The molecule has 0 aromatic heterocycles. The monoisotopic (exact) mass is 1300 g/mol. The third kappa shape index (κ3) is 14.9. The number of alkyl halides is 1. The molecule has 23 atom stereocenters. The van der Waals surface area contributed by atoms with E-state index in [9.17, 15) is 65.9 Å². The van der Waals surface area contributed by atoms with Crippen LogP contribution in [0.5, 0.6) is 0 Å². The zero-order valence-corrected chi connectivity index (χ0v) is 52.2. The second kappa shape index (κ2) is 29.0. The molecule has 6 rings (SSSR count). The summed E-state index contributed by atoms with van der Waals surface area (Å²) in [6.45, 7) is 15.1. The number of nitrogens with one attached hydrogen (secondary N) is 2. The molecular formula is C60H101IN2O20. The van der Waals surface area contributed by atoms with Crippen LogP contribution in [0.4, 0.5) is 0 Å². The number of carbonyl (C=O) groups excluding carboxylic acids is 2. The number of fused-ring (bicyclic) bond motifs is 5. The molecule has 5 fully saturated rings. The first-order valence-corrected chi connectivity index (χ1v) is 31.7. The van der Waals surface area contributed by atoms with E-state index in [0.29, 0.717) is 38.5 Å². The van der Waals surface area contributed by atoms with Crippen molar-refractivity contribution < 1.29 is 99.7 Å². The number of carboxylic acid groups (broad SMARTS) is 1. The van der Waals surface area contributed by atoms with Crippen molar-refractivity contribution in [3.8, 4) is 0 Å². The molecule has 83 heavy (non-hydrogen) atoms. The number of carboxylic acids is 1. The molecule has 2 aliphatic heterocycles. The van der Waals surface area contributed by atoms with Gasteiger partial charge >= 0.3 is 11.9 Å². The van der Waals surface area contributed by atoms with Crippen LogP contribution < -0.4 is 10.5 Å². The van der Waals surface area contributed by atoms with Crippen LogP contribution in [0.25, 0.3) is 0 Å². The Morgan fingerprint density at radius 3 is 2.13 bits per heavy atom. The zero-order valence-electron chi connectivity index (χ0n) is 50.1. The molecule has 2 saturated heterocycles. The predicted molar refractivity (Wildman–Crippen MR) is 311 cm³/mol. The summed E-state index contributed by atoms with van der Waals surface area (Å²) in [7, 11) is 0. The van der Waals surface area contributed by atoms with Crippen LogP contribution in [-0.2, 0) is 38.4 Å². The highest BCUT2D eigenvalue weighted by Crippen LogP contribution is 2.74.